The van der Waals surface area contributed by atoms with E-state index in [0.717, 1.165) is 18.4 Å². The van der Waals surface area contributed by atoms with Crippen LogP contribution < -0.4 is 0 Å². The number of piperidine rings is 1. The first-order valence-corrected chi connectivity index (χ1v) is 8.77. The molecule has 0 bridgehead atoms. The van der Waals surface area contributed by atoms with Gasteiger partial charge < -0.3 is 10.0 Å². The van der Waals surface area contributed by atoms with E-state index in [1.807, 2.05) is 30.6 Å². The number of likely N-dealkylation sites (N-methyl/N-ethyl adjacent to an activating group) is 1. The van der Waals surface area contributed by atoms with Crippen LogP contribution in [0.5, 0.6) is 0 Å². The van der Waals surface area contributed by atoms with Crippen molar-refractivity contribution in [2.45, 2.75) is 45.1 Å². The molecule has 1 amide bonds. The fraction of sp³-hybridized carbons (Fsp3) is 0.579. The first kappa shape index (κ1) is 19.4. The lowest BCUT2D eigenvalue weighted by Crippen LogP contribution is -2.51. The third-order valence-corrected chi connectivity index (χ3v) is 5.11. The Hall–Kier alpha value is -1.95. The van der Waals surface area contributed by atoms with Crippen LogP contribution in [0.2, 0.25) is 0 Å². The van der Waals surface area contributed by atoms with Gasteiger partial charge in [-0.25, -0.2) is 4.39 Å². The number of carbonyl (C=O) groups excluding carboxylic acids is 1. The van der Waals surface area contributed by atoms with Gasteiger partial charge in [-0.1, -0.05) is 19.1 Å². The van der Waals surface area contributed by atoms with Crippen molar-refractivity contribution < 1.29 is 19.1 Å². The predicted molar refractivity (Wildman–Crippen MR) is 93.9 cm³/mol. The van der Waals surface area contributed by atoms with Crippen LogP contribution >= 0.6 is 0 Å². The number of halogens is 1. The molecule has 0 aromatic heterocycles. The number of nitrogens with zero attached hydrogens (tertiary/aromatic N) is 2. The topological polar surface area (TPSA) is 60.9 Å². The van der Waals surface area contributed by atoms with Gasteiger partial charge >= 0.3 is 5.97 Å². The summed E-state index contributed by atoms with van der Waals surface area (Å²) in [6, 6.07) is 6.26. The molecule has 1 aliphatic heterocycles. The van der Waals surface area contributed by atoms with E-state index in [1.54, 1.807) is 12.1 Å². The van der Waals surface area contributed by atoms with Gasteiger partial charge in [0.2, 0.25) is 5.91 Å². The van der Waals surface area contributed by atoms with Gasteiger partial charge in [-0.15, -0.1) is 0 Å². The monoisotopic (exact) mass is 350 g/mol. The Morgan fingerprint density at radius 2 is 1.80 bits per heavy atom. The molecule has 25 heavy (non-hydrogen) atoms. The lowest BCUT2D eigenvalue weighted by Gasteiger charge is -2.40. The van der Waals surface area contributed by atoms with Gasteiger partial charge in [0.25, 0.3) is 0 Å². The Labute approximate surface area is 148 Å². The van der Waals surface area contributed by atoms with E-state index in [0.29, 0.717) is 19.6 Å². The van der Waals surface area contributed by atoms with Crippen LogP contribution in [0, 0.1) is 5.82 Å². The highest BCUT2D eigenvalue weighted by molar-refractivity contribution is 5.87. The Bertz CT molecular complexity index is 608. The smallest absolute Gasteiger partial charge is 0.317 e. The fourth-order valence-electron chi connectivity index (χ4n) is 3.49. The lowest BCUT2D eigenvalue weighted by molar-refractivity contribution is -0.141. The Morgan fingerprint density at radius 1 is 1.24 bits per heavy atom. The minimum Gasteiger partial charge on any atom is -0.480 e. The number of hydrogen-bond donors (Lipinski definition) is 1. The normalized spacial score (nSPS) is 16.3. The predicted octanol–water partition coefficient (Wildman–Crippen LogP) is 2.50. The highest BCUT2D eigenvalue weighted by Gasteiger charge is 2.36. The first-order chi connectivity index (χ1) is 11.8. The van der Waals surface area contributed by atoms with Gasteiger partial charge in [0, 0.05) is 19.1 Å². The van der Waals surface area contributed by atoms with Crippen molar-refractivity contribution in [2.75, 3.05) is 26.2 Å². The van der Waals surface area contributed by atoms with Crippen molar-refractivity contribution in [3.63, 3.8) is 0 Å². The molecule has 1 aromatic carbocycles. The number of rotatable bonds is 6. The van der Waals surface area contributed by atoms with Crippen LogP contribution in [0.4, 0.5) is 4.39 Å². The van der Waals surface area contributed by atoms with Gasteiger partial charge in [0.05, 0.1) is 12.0 Å². The second-order valence-electron chi connectivity index (χ2n) is 7.11. The molecule has 1 saturated heterocycles. The Morgan fingerprint density at radius 3 is 2.28 bits per heavy atom. The zero-order chi connectivity index (χ0) is 18.6. The number of carboxylic acid groups (broad SMARTS) is 1. The minimum atomic E-state index is -0.821. The molecule has 0 aliphatic carbocycles. The highest BCUT2D eigenvalue weighted by atomic mass is 19.1. The summed E-state index contributed by atoms with van der Waals surface area (Å²) in [5, 5.41) is 9.01. The third kappa shape index (κ3) is 4.57. The van der Waals surface area contributed by atoms with Gasteiger partial charge in [-0.2, -0.15) is 0 Å². The number of likely N-dealkylation sites (tertiary alicyclic amines) is 1. The molecule has 0 saturated carbocycles. The molecule has 6 heteroatoms. The minimum absolute atomic E-state index is 0.0267. The molecule has 1 fully saturated rings. The molecule has 2 rings (SSSR count). The standard InChI is InChI=1S/C19H27FN2O3/c1-4-21(13-17(23)24)16-9-11-22(12-10-16)18(25)19(2,3)14-5-7-15(20)8-6-14/h5-8,16H,4,9-13H2,1-3H3,(H,23,24). The summed E-state index contributed by atoms with van der Waals surface area (Å²) in [6.45, 7) is 7.63. The highest BCUT2D eigenvalue weighted by Crippen LogP contribution is 2.28. The zero-order valence-electron chi connectivity index (χ0n) is 15.2. The molecule has 1 aliphatic rings. The van der Waals surface area contributed by atoms with Crippen LogP contribution in [0.25, 0.3) is 0 Å². The van der Waals surface area contributed by atoms with Crippen LogP contribution in [-0.4, -0.2) is 59.0 Å². The first-order valence-electron chi connectivity index (χ1n) is 8.77. The number of aliphatic carboxylic acids is 1. The molecule has 5 nitrogen and oxygen atoms in total. The molecule has 138 valence electrons. The number of carbonyl (C=O) groups is 2. The van der Waals surface area contributed by atoms with Gasteiger partial charge in [0.15, 0.2) is 0 Å². The largest absolute Gasteiger partial charge is 0.480 e. The van der Waals surface area contributed by atoms with Crippen LogP contribution in [0.1, 0.15) is 39.2 Å². The maximum absolute atomic E-state index is 13.1. The number of carboxylic acids is 1. The quantitative estimate of drug-likeness (QED) is 0.856. The summed E-state index contributed by atoms with van der Waals surface area (Å²) in [6.07, 6.45) is 1.54. The van der Waals surface area contributed by atoms with E-state index in [-0.39, 0.29) is 24.3 Å². The zero-order valence-corrected chi connectivity index (χ0v) is 15.2. The van der Waals surface area contributed by atoms with Crippen LogP contribution in [0.15, 0.2) is 24.3 Å². The Kier molecular flexibility index (Phi) is 6.16. The maximum atomic E-state index is 13.1. The summed E-state index contributed by atoms with van der Waals surface area (Å²) < 4.78 is 13.1. The number of hydrogen-bond acceptors (Lipinski definition) is 3. The van der Waals surface area contributed by atoms with Gasteiger partial charge in [0.1, 0.15) is 5.82 Å². The maximum Gasteiger partial charge on any atom is 0.317 e. The molecule has 0 spiro atoms. The molecule has 0 unspecified atom stereocenters. The fourth-order valence-corrected chi connectivity index (χ4v) is 3.49. The van der Waals surface area contributed by atoms with Crippen molar-refractivity contribution in [1.29, 1.82) is 0 Å². The van der Waals surface area contributed by atoms with Crippen molar-refractivity contribution in [1.82, 2.24) is 9.80 Å². The van der Waals surface area contributed by atoms with Crippen molar-refractivity contribution in [2.24, 2.45) is 0 Å². The van der Waals surface area contributed by atoms with E-state index in [2.05, 4.69) is 0 Å². The number of amides is 1. The molecular weight excluding hydrogens is 323 g/mol. The van der Waals surface area contributed by atoms with Crippen molar-refractivity contribution in [3.8, 4) is 0 Å². The SMILES string of the molecule is CCN(CC(=O)O)C1CCN(C(=O)C(C)(C)c2ccc(F)cc2)CC1. The van der Waals surface area contributed by atoms with Gasteiger partial charge in [-0.05, 0) is 50.9 Å². The van der Waals surface area contributed by atoms with E-state index < -0.39 is 11.4 Å². The van der Waals surface area contributed by atoms with E-state index in [9.17, 15) is 14.0 Å². The van der Waals surface area contributed by atoms with Crippen molar-refractivity contribution in [3.05, 3.63) is 35.6 Å². The lowest BCUT2D eigenvalue weighted by atomic mass is 9.82. The van der Waals surface area contributed by atoms with Crippen LogP contribution in [-0.2, 0) is 15.0 Å². The summed E-state index contributed by atoms with van der Waals surface area (Å²) in [5.74, 6) is -1.11. The second-order valence-corrected chi connectivity index (χ2v) is 7.11. The second kappa shape index (κ2) is 7.95. The molecule has 1 aromatic rings. The van der Waals surface area contributed by atoms with E-state index >= 15 is 0 Å². The molecule has 0 atom stereocenters. The molecule has 1 heterocycles. The summed E-state index contributed by atoms with van der Waals surface area (Å²) in [5.41, 5.74) is 0.0774. The molecular formula is C19H27FN2O3. The Balaban J connectivity index is 2.00. The third-order valence-electron chi connectivity index (χ3n) is 5.11. The summed E-state index contributed by atoms with van der Waals surface area (Å²) >= 11 is 0. The summed E-state index contributed by atoms with van der Waals surface area (Å²) in [7, 11) is 0. The van der Waals surface area contributed by atoms with E-state index in [4.69, 9.17) is 5.11 Å². The molecule has 1 N–H and O–H groups in total. The summed E-state index contributed by atoms with van der Waals surface area (Å²) in [4.78, 5) is 27.7. The van der Waals surface area contributed by atoms with Crippen LogP contribution in [0.3, 0.4) is 0 Å². The molecule has 0 radical (unpaired) electrons. The van der Waals surface area contributed by atoms with E-state index in [1.165, 1.54) is 12.1 Å². The van der Waals surface area contributed by atoms with Gasteiger partial charge in [-0.3, -0.25) is 14.5 Å². The number of benzene rings is 1. The van der Waals surface area contributed by atoms with Crippen molar-refractivity contribution >= 4 is 11.9 Å². The average Bonchev–Trinajstić information content (AvgIpc) is 2.59. The average molecular weight is 350 g/mol.